The van der Waals surface area contributed by atoms with E-state index in [-0.39, 0.29) is 0 Å². The zero-order chi connectivity index (χ0) is 10.5. The van der Waals surface area contributed by atoms with Crippen LogP contribution in [0.15, 0.2) is 24.3 Å². The lowest BCUT2D eigenvalue weighted by atomic mass is 10.1. The fourth-order valence-corrected chi connectivity index (χ4v) is 2.12. The van der Waals surface area contributed by atoms with Crippen LogP contribution >= 0.6 is 0 Å². The lowest BCUT2D eigenvalue weighted by Gasteiger charge is -2.14. The van der Waals surface area contributed by atoms with E-state index in [1.807, 2.05) is 6.07 Å². The van der Waals surface area contributed by atoms with Crippen LogP contribution in [0.1, 0.15) is 24.0 Å². The fourth-order valence-electron chi connectivity index (χ4n) is 2.12. The largest absolute Gasteiger partial charge is 0.312 e. The first-order valence-electron chi connectivity index (χ1n) is 5.52. The summed E-state index contributed by atoms with van der Waals surface area (Å²) in [4.78, 5) is 5.90. The second-order valence-electron chi connectivity index (χ2n) is 4.12. The van der Waals surface area contributed by atoms with Crippen LogP contribution in [0.3, 0.4) is 0 Å². The summed E-state index contributed by atoms with van der Waals surface area (Å²) in [5.41, 5.74) is 2.49. The molecule has 2 heteroatoms. The number of nitrogens with zero attached hydrogens (tertiary/aromatic N) is 2. The minimum absolute atomic E-state index is 0.508. The summed E-state index contributed by atoms with van der Waals surface area (Å²) >= 11 is 0. The first-order chi connectivity index (χ1) is 7.38. The molecule has 0 amide bonds. The Bertz CT molecular complexity index is 359. The third-order valence-corrected chi connectivity index (χ3v) is 2.86. The Labute approximate surface area is 91.3 Å². The van der Waals surface area contributed by atoms with E-state index in [0.717, 1.165) is 12.1 Å². The van der Waals surface area contributed by atoms with Crippen LogP contribution in [0, 0.1) is 6.57 Å². The van der Waals surface area contributed by atoms with Crippen molar-refractivity contribution in [2.45, 2.75) is 25.9 Å². The van der Waals surface area contributed by atoms with Crippen LogP contribution < -0.4 is 0 Å². The molecule has 0 atom stereocenters. The van der Waals surface area contributed by atoms with Gasteiger partial charge in [-0.2, -0.15) is 0 Å². The zero-order valence-corrected chi connectivity index (χ0v) is 8.95. The molecule has 1 aromatic carbocycles. The molecular formula is C13H16N2. The molecule has 1 fully saturated rings. The molecule has 0 N–H and O–H groups in total. The fraction of sp³-hybridized carbons (Fsp3) is 0.462. The molecule has 78 valence electrons. The maximum atomic E-state index is 6.85. The monoisotopic (exact) mass is 200 g/mol. The van der Waals surface area contributed by atoms with Gasteiger partial charge < -0.3 is 4.85 Å². The highest BCUT2D eigenvalue weighted by atomic mass is 15.1. The Morgan fingerprint density at radius 1 is 1.20 bits per heavy atom. The van der Waals surface area contributed by atoms with Crippen molar-refractivity contribution in [3.8, 4) is 0 Å². The first kappa shape index (κ1) is 10.2. The number of hydrogen-bond donors (Lipinski definition) is 0. The number of hydrogen-bond acceptors (Lipinski definition) is 1. The van der Waals surface area contributed by atoms with E-state index in [2.05, 4.69) is 27.9 Å². The van der Waals surface area contributed by atoms with E-state index in [1.54, 1.807) is 0 Å². The third-order valence-electron chi connectivity index (χ3n) is 2.86. The van der Waals surface area contributed by atoms with Crippen LogP contribution in [0.2, 0.25) is 0 Å². The standard InChI is InChI=1S/C13H16N2/c1-14-10-12-5-4-6-13(9-12)11-15-7-2-3-8-15/h4-6,9H,2-3,7-8,10-11H2. The topological polar surface area (TPSA) is 7.60 Å². The van der Waals surface area contributed by atoms with Crippen molar-refractivity contribution in [2.75, 3.05) is 13.1 Å². The summed E-state index contributed by atoms with van der Waals surface area (Å²) in [6.07, 6.45) is 2.67. The normalized spacial score (nSPS) is 16.5. The molecule has 2 rings (SSSR count). The molecule has 1 aliphatic rings. The zero-order valence-electron chi connectivity index (χ0n) is 8.95. The second-order valence-corrected chi connectivity index (χ2v) is 4.12. The average molecular weight is 200 g/mol. The van der Waals surface area contributed by atoms with E-state index >= 15 is 0 Å². The molecule has 1 heterocycles. The Balaban J connectivity index is 2.01. The van der Waals surface area contributed by atoms with Crippen molar-refractivity contribution in [1.82, 2.24) is 4.90 Å². The van der Waals surface area contributed by atoms with Crippen LogP contribution in [0.5, 0.6) is 0 Å². The Morgan fingerprint density at radius 3 is 2.67 bits per heavy atom. The van der Waals surface area contributed by atoms with Gasteiger partial charge in [0, 0.05) is 12.1 Å². The van der Waals surface area contributed by atoms with Gasteiger partial charge in [-0.05, 0) is 37.6 Å². The van der Waals surface area contributed by atoms with Gasteiger partial charge in [-0.15, -0.1) is 0 Å². The predicted octanol–water partition coefficient (Wildman–Crippen LogP) is 2.70. The highest BCUT2D eigenvalue weighted by molar-refractivity contribution is 5.24. The summed E-state index contributed by atoms with van der Waals surface area (Å²) in [7, 11) is 0. The smallest absolute Gasteiger partial charge is 0.239 e. The molecule has 0 radical (unpaired) electrons. The SMILES string of the molecule is [C-]#[N+]Cc1cccc(CN2CCCC2)c1. The van der Waals surface area contributed by atoms with Gasteiger partial charge in [0.1, 0.15) is 0 Å². The Hall–Kier alpha value is -1.33. The highest BCUT2D eigenvalue weighted by Gasteiger charge is 2.11. The summed E-state index contributed by atoms with van der Waals surface area (Å²) in [5.74, 6) is 0. The number of likely N-dealkylation sites (tertiary alicyclic amines) is 1. The van der Waals surface area contributed by atoms with E-state index in [0.29, 0.717) is 6.54 Å². The number of rotatable bonds is 3. The average Bonchev–Trinajstić information content (AvgIpc) is 2.71. The van der Waals surface area contributed by atoms with Crippen molar-refractivity contribution < 1.29 is 0 Å². The molecule has 0 unspecified atom stereocenters. The van der Waals surface area contributed by atoms with Crippen molar-refractivity contribution >= 4 is 0 Å². The van der Waals surface area contributed by atoms with Crippen molar-refractivity contribution in [3.05, 3.63) is 46.8 Å². The number of benzene rings is 1. The van der Waals surface area contributed by atoms with Crippen molar-refractivity contribution in [1.29, 1.82) is 0 Å². The summed E-state index contributed by atoms with van der Waals surface area (Å²) in [5, 5.41) is 0. The molecule has 0 aromatic heterocycles. The van der Waals surface area contributed by atoms with Gasteiger partial charge in [0.05, 0.1) is 0 Å². The molecule has 1 aromatic rings. The first-order valence-corrected chi connectivity index (χ1v) is 5.52. The van der Waals surface area contributed by atoms with Crippen LogP contribution in [0.25, 0.3) is 4.85 Å². The summed E-state index contributed by atoms with van der Waals surface area (Å²) < 4.78 is 0. The summed E-state index contributed by atoms with van der Waals surface area (Å²) in [6.45, 7) is 10.9. The molecule has 1 saturated heterocycles. The lowest BCUT2D eigenvalue weighted by Crippen LogP contribution is -2.18. The lowest BCUT2D eigenvalue weighted by molar-refractivity contribution is 0.331. The minimum atomic E-state index is 0.508. The van der Waals surface area contributed by atoms with Gasteiger partial charge in [0.25, 0.3) is 0 Å². The molecule has 0 aliphatic carbocycles. The molecule has 0 saturated carbocycles. The molecule has 0 bridgehead atoms. The highest BCUT2D eigenvalue weighted by Crippen LogP contribution is 2.14. The molecule has 1 aliphatic heterocycles. The van der Waals surface area contributed by atoms with Crippen molar-refractivity contribution in [3.63, 3.8) is 0 Å². The predicted molar refractivity (Wildman–Crippen MR) is 61.3 cm³/mol. The van der Waals surface area contributed by atoms with Gasteiger partial charge >= 0.3 is 0 Å². The maximum Gasteiger partial charge on any atom is 0.239 e. The molecule has 2 nitrogen and oxygen atoms in total. The van der Waals surface area contributed by atoms with Gasteiger partial charge in [0.15, 0.2) is 0 Å². The van der Waals surface area contributed by atoms with Crippen molar-refractivity contribution in [2.24, 2.45) is 0 Å². The van der Waals surface area contributed by atoms with Gasteiger partial charge in [0.2, 0.25) is 6.54 Å². The third kappa shape index (κ3) is 2.81. The Kier molecular flexibility index (Phi) is 3.37. The maximum absolute atomic E-state index is 6.85. The van der Waals surface area contributed by atoms with Gasteiger partial charge in [-0.1, -0.05) is 18.2 Å². The van der Waals surface area contributed by atoms with E-state index < -0.39 is 0 Å². The van der Waals surface area contributed by atoms with E-state index in [1.165, 1.54) is 31.5 Å². The minimum Gasteiger partial charge on any atom is -0.312 e. The molecular weight excluding hydrogens is 184 g/mol. The van der Waals surface area contributed by atoms with E-state index in [9.17, 15) is 0 Å². The van der Waals surface area contributed by atoms with Gasteiger partial charge in [-0.3, -0.25) is 4.90 Å². The van der Waals surface area contributed by atoms with Crippen LogP contribution in [0.4, 0.5) is 0 Å². The summed E-state index contributed by atoms with van der Waals surface area (Å²) in [6, 6.07) is 8.42. The quantitative estimate of drug-likeness (QED) is 0.681. The molecule has 0 spiro atoms. The van der Waals surface area contributed by atoms with Gasteiger partial charge in [-0.25, -0.2) is 6.57 Å². The van der Waals surface area contributed by atoms with Crippen LogP contribution in [-0.2, 0) is 13.1 Å². The molecule has 15 heavy (non-hydrogen) atoms. The second kappa shape index (κ2) is 4.95. The van der Waals surface area contributed by atoms with E-state index in [4.69, 9.17) is 6.57 Å². The Morgan fingerprint density at radius 2 is 1.93 bits per heavy atom. The van der Waals surface area contributed by atoms with Crippen LogP contribution in [-0.4, -0.2) is 18.0 Å².